The molecule has 4 N–H and O–H groups in total. The highest BCUT2D eigenvalue weighted by atomic mass is 32.2. The van der Waals surface area contributed by atoms with Gasteiger partial charge in [-0.15, -0.1) is 10.2 Å². The van der Waals surface area contributed by atoms with E-state index in [0.29, 0.717) is 18.2 Å². The summed E-state index contributed by atoms with van der Waals surface area (Å²) in [5, 5.41) is 26.6. The fraction of sp³-hybridized carbons (Fsp3) is 0.111. The number of benzene rings is 3. The van der Waals surface area contributed by atoms with Crippen LogP contribution in [0, 0.1) is 0 Å². The lowest BCUT2D eigenvalue weighted by molar-refractivity contribution is 0.472. The van der Waals surface area contributed by atoms with Crippen LogP contribution in [0.25, 0.3) is 10.8 Å². The number of thiol groups is 1. The maximum Gasteiger partial charge on any atom is 0.295 e. The number of phenols is 2. The third-order valence-electron chi connectivity index (χ3n) is 4.82. The lowest BCUT2D eigenvalue weighted by Gasteiger charge is -2.12. The summed E-state index contributed by atoms with van der Waals surface area (Å²) < 4.78 is 114. The van der Waals surface area contributed by atoms with Crippen molar-refractivity contribution in [3.05, 3.63) is 36.4 Å². The van der Waals surface area contributed by atoms with Crippen LogP contribution in [-0.2, 0) is 40.8 Å². The van der Waals surface area contributed by atoms with E-state index in [-0.39, 0.29) is 10.6 Å². The first kappa shape index (κ1) is 27.4. The Bertz CT molecular complexity index is 1830. The number of aromatic hydroxyl groups is 2. The highest BCUT2D eigenvalue weighted by Crippen LogP contribution is 2.44. The lowest BCUT2D eigenvalue weighted by Crippen LogP contribution is -2.05. The van der Waals surface area contributed by atoms with Gasteiger partial charge in [-0.1, -0.05) is 6.92 Å². The zero-order valence-corrected chi connectivity index (χ0v) is 21.1. The van der Waals surface area contributed by atoms with Crippen molar-refractivity contribution in [3.8, 4) is 11.5 Å². The van der Waals surface area contributed by atoms with E-state index in [0.717, 1.165) is 18.2 Å². The van der Waals surface area contributed by atoms with E-state index < -0.39 is 89.1 Å². The minimum Gasteiger partial charge on any atom is -0.506 e. The number of azo groups is 1. The molecule has 0 heterocycles. The standard InChI is InChI=1S/C18H16N2O12S4/c1-2-34(25,26)10-3-4-13(21)12(7-10)19-20-17-14(33(23)24)6-9-5-11(35(27,28)29)8-15(36(30,31)32)16(9)18(17)22/h3-8,21-22,33H,2H2,1H3,(H,27,28,29)(H,30,31,32)/b20-19+. The largest absolute Gasteiger partial charge is 0.506 e. The Labute approximate surface area is 205 Å². The smallest absolute Gasteiger partial charge is 0.295 e. The molecule has 0 spiro atoms. The van der Waals surface area contributed by atoms with Crippen molar-refractivity contribution in [1.82, 2.24) is 0 Å². The maximum atomic E-state index is 12.1. The van der Waals surface area contributed by atoms with Crippen molar-refractivity contribution in [3.63, 3.8) is 0 Å². The molecule has 0 aliphatic heterocycles. The quantitative estimate of drug-likeness (QED) is 0.153. The number of sulfone groups is 1. The van der Waals surface area contributed by atoms with Gasteiger partial charge in [-0.3, -0.25) is 9.11 Å². The van der Waals surface area contributed by atoms with Gasteiger partial charge < -0.3 is 10.2 Å². The Hall–Kier alpha value is -3.16. The average molecular weight is 581 g/mol. The maximum absolute atomic E-state index is 12.1. The fourth-order valence-electron chi connectivity index (χ4n) is 3.07. The van der Waals surface area contributed by atoms with Crippen LogP contribution in [0.3, 0.4) is 0 Å². The van der Waals surface area contributed by atoms with E-state index in [1.165, 1.54) is 6.92 Å². The third kappa shape index (κ3) is 5.32. The first-order chi connectivity index (χ1) is 16.5. The van der Waals surface area contributed by atoms with Gasteiger partial charge >= 0.3 is 0 Å². The highest BCUT2D eigenvalue weighted by molar-refractivity contribution is 7.91. The normalized spacial score (nSPS) is 13.1. The number of fused-ring (bicyclic) bond motifs is 1. The molecule has 0 aromatic heterocycles. The van der Waals surface area contributed by atoms with Crippen LogP contribution in [0.1, 0.15) is 6.92 Å². The SMILES string of the molecule is CCS(=O)(=O)c1ccc(O)c(/N=N/c2c([SH](=O)=O)cc3cc(S(=O)(=O)O)cc(S(=O)(=O)O)c3c2O)c1. The van der Waals surface area contributed by atoms with E-state index >= 15 is 0 Å². The van der Waals surface area contributed by atoms with Crippen LogP contribution in [0.15, 0.2) is 66.2 Å². The van der Waals surface area contributed by atoms with E-state index in [1.54, 1.807) is 0 Å². The van der Waals surface area contributed by atoms with Gasteiger partial charge in [0.05, 0.1) is 20.4 Å². The molecule has 14 nitrogen and oxygen atoms in total. The molecule has 0 radical (unpaired) electrons. The molecule has 0 fully saturated rings. The number of nitrogens with zero attached hydrogens (tertiary/aromatic N) is 2. The summed E-state index contributed by atoms with van der Waals surface area (Å²) in [6, 6.07) is 4.68. The molecule has 0 amide bonds. The zero-order valence-electron chi connectivity index (χ0n) is 17.8. The monoisotopic (exact) mass is 580 g/mol. The minimum atomic E-state index is -5.25. The number of hydrogen-bond acceptors (Lipinski definition) is 12. The van der Waals surface area contributed by atoms with Crippen LogP contribution in [0.4, 0.5) is 11.4 Å². The van der Waals surface area contributed by atoms with Crippen LogP contribution >= 0.6 is 0 Å². The molecule has 0 saturated carbocycles. The van der Waals surface area contributed by atoms with Gasteiger partial charge in [0.25, 0.3) is 20.2 Å². The predicted octanol–water partition coefficient (Wildman–Crippen LogP) is 1.92. The van der Waals surface area contributed by atoms with Crippen LogP contribution in [0.2, 0.25) is 0 Å². The molecule has 0 saturated heterocycles. The van der Waals surface area contributed by atoms with Crippen molar-refractivity contribution in [2.75, 3.05) is 5.75 Å². The summed E-state index contributed by atoms with van der Waals surface area (Å²) in [4.78, 5) is -3.26. The van der Waals surface area contributed by atoms with E-state index in [1.807, 2.05) is 0 Å². The Kier molecular flexibility index (Phi) is 7.14. The minimum absolute atomic E-state index is 0.249. The number of hydrogen-bond donors (Lipinski definition) is 5. The molecule has 3 aromatic carbocycles. The molecule has 18 heteroatoms. The highest BCUT2D eigenvalue weighted by Gasteiger charge is 2.26. The second-order valence-electron chi connectivity index (χ2n) is 7.07. The Morgan fingerprint density at radius 3 is 2.00 bits per heavy atom. The molecule has 0 bridgehead atoms. The van der Waals surface area contributed by atoms with Gasteiger partial charge in [0, 0.05) is 5.39 Å². The molecule has 0 atom stereocenters. The Morgan fingerprint density at radius 2 is 1.47 bits per heavy atom. The molecule has 3 rings (SSSR count). The summed E-state index contributed by atoms with van der Waals surface area (Å²) in [5.74, 6) is -2.03. The summed E-state index contributed by atoms with van der Waals surface area (Å²) >= 11 is 0. The molecule has 0 unspecified atom stereocenters. The Balaban J connectivity index is 2.39. The van der Waals surface area contributed by atoms with Crippen molar-refractivity contribution < 1.29 is 53.0 Å². The van der Waals surface area contributed by atoms with Crippen molar-refractivity contribution in [2.45, 2.75) is 26.5 Å². The van der Waals surface area contributed by atoms with E-state index in [4.69, 9.17) is 0 Å². The molecule has 194 valence electrons. The zero-order chi connectivity index (χ0) is 27.2. The van der Waals surface area contributed by atoms with Gasteiger partial charge in [0.1, 0.15) is 22.0 Å². The predicted molar refractivity (Wildman–Crippen MR) is 124 cm³/mol. The number of rotatable bonds is 7. The second kappa shape index (κ2) is 9.37. The summed E-state index contributed by atoms with van der Waals surface area (Å²) in [6.45, 7) is 1.37. The van der Waals surface area contributed by atoms with Gasteiger partial charge in [0.2, 0.25) is 0 Å². The van der Waals surface area contributed by atoms with Gasteiger partial charge in [0.15, 0.2) is 26.3 Å². The molecular formula is C18H16N2O12S4. The van der Waals surface area contributed by atoms with Crippen LogP contribution in [0.5, 0.6) is 11.5 Å². The van der Waals surface area contributed by atoms with Crippen molar-refractivity contribution in [1.29, 1.82) is 0 Å². The second-order valence-corrected chi connectivity index (χ2v) is 13.2. The summed E-state index contributed by atoms with van der Waals surface area (Å²) in [7, 11) is -17.6. The molecular weight excluding hydrogens is 564 g/mol. The Morgan fingerprint density at radius 1 is 0.833 bits per heavy atom. The first-order valence-corrected chi connectivity index (χ1v) is 15.1. The average Bonchev–Trinajstić information content (AvgIpc) is 2.76. The van der Waals surface area contributed by atoms with Gasteiger partial charge in [-0.2, -0.15) is 16.8 Å². The number of phenolic OH excluding ortho intramolecular Hbond substituents is 2. The fourth-order valence-corrected chi connectivity index (χ4v) is 5.90. The van der Waals surface area contributed by atoms with Gasteiger partial charge in [-0.05, 0) is 41.8 Å². The van der Waals surface area contributed by atoms with Crippen molar-refractivity contribution >= 4 is 62.9 Å². The lowest BCUT2D eigenvalue weighted by atomic mass is 10.1. The summed E-state index contributed by atoms with van der Waals surface area (Å²) in [5.41, 5.74) is -1.32. The van der Waals surface area contributed by atoms with Crippen LogP contribution < -0.4 is 0 Å². The van der Waals surface area contributed by atoms with E-state index in [2.05, 4.69) is 10.2 Å². The third-order valence-corrected chi connectivity index (χ3v) is 8.99. The molecule has 3 aromatic rings. The summed E-state index contributed by atoms with van der Waals surface area (Å²) in [6.07, 6.45) is 0. The van der Waals surface area contributed by atoms with Gasteiger partial charge in [-0.25, -0.2) is 16.8 Å². The van der Waals surface area contributed by atoms with E-state index in [9.17, 15) is 53.0 Å². The van der Waals surface area contributed by atoms with Crippen molar-refractivity contribution in [2.24, 2.45) is 10.2 Å². The van der Waals surface area contributed by atoms with Crippen LogP contribution in [-0.4, -0.2) is 58.7 Å². The molecule has 0 aliphatic carbocycles. The first-order valence-electron chi connectivity index (χ1n) is 9.38. The molecule has 36 heavy (non-hydrogen) atoms. The topological polar surface area (TPSA) is 242 Å². The molecule has 0 aliphatic rings.